The summed E-state index contributed by atoms with van der Waals surface area (Å²) < 4.78 is 5.34. The molecule has 1 aromatic carbocycles. The molecule has 0 aromatic heterocycles. The summed E-state index contributed by atoms with van der Waals surface area (Å²) in [7, 11) is 0. The zero-order valence-electron chi connectivity index (χ0n) is 11.9. The van der Waals surface area contributed by atoms with Crippen molar-refractivity contribution < 1.29 is 9.53 Å². The maximum atomic E-state index is 10.7. The highest BCUT2D eigenvalue weighted by atomic mass is 16.5. The summed E-state index contributed by atoms with van der Waals surface area (Å²) in [5.74, 6) is 1.73. The van der Waals surface area contributed by atoms with Crippen LogP contribution in [-0.2, 0) is 16.0 Å². The third kappa shape index (κ3) is 3.82. The van der Waals surface area contributed by atoms with Gasteiger partial charge in [0, 0.05) is 0 Å². The van der Waals surface area contributed by atoms with E-state index < -0.39 is 0 Å². The normalized spacial score (nSPS) is 28.6. The van der Waals surface area contributed by atoms with Gasteiger partial charge in [-0.2, -0.15) is 0 Å². The monoisotopic (exact) mass is 260 g/mol. The summed E-state index contributed by atoms with van der Waals surface area (Å²) >= 11 is 0. The van der Waals surface area contributed by atoms with E-state index in [0.29, 0.717) is 24.2 Å². The molecule has 0 heterocycles. The van der Waals surface area contributed by atoms with Gasteiger partial charge in [0.1, 0.15) is 6.10 Å². The van der Waals surface area contributed by atoms with Crippen LogP contribution in [0, 0.1) is 17.8 Å². The molecule has 104 valence electrons. The van der Waals surface area contributed by atoms with Gasteiger partial charge >= 0.3 is 0 Å². The van der Waals surface area contributed by atoms with Gasteiger partial charge in [-0.15, -0.1) is 0 Å². The van der Waals surface area contributed by atoms with E-state index in [9.17, 15) is 4.79 Å². The maximum Gasteiger partial charge on any atom is 0.293 e. The summed E-state index contributed by atoms with van der Waals surface area (Å²) in [5, 5.41) is 0. The zero-order chi connectivity index (χ0) is 13.7. The van der Waals surface area contributed by atoms with Crippen molar-refractivity contribution in [2.75, 3.05) is 0 Å². The van der Waals surface area contributed by atoms with Crippen LogP contribution < -0.4 is 0 Å². The van der Waals surface area contributed by atoms with E-state index >= 15 is 0 Å². The van der Waals surface area contributed by atoms with Gasteiger partial charge in [-0.05, 0) is 42.6 Å². The lowest BCUT2D eigenvalue weighted by Gasteiger charge is -2.37. The van der Waals surface area contributed by atoms with Gasteiger partial charge < -0.3 is 4.74 Å². The second-order valence-corrected chi connectivity index (χ2v) is 6.02. The van der Waals surface area contributed by atoms with Crippen molar-refractivity contribution in [1.29, 1.82) is 0 Å². The van der Waals surface area contributed by atoms with E-state index in [4.69, 9.17) is 4.74 Å². The minimum atomic E-state index is 0.111. The molecular weight excluding hydrogens is 236 g/mol. The van der Waals surface area contributed by atoms with Crippen LogP contribution in [0.15, 0.2) is 30.3 Å². The molecule has 0 bridgehead atoms. The molecule has 0 amide bonds. The highest BCUT2D eigenvalue weighted by Crippen LogP contribution is 2.36. The van der Waals surface area contributed by atoms with Crippen LogP contribution in [0.3, 0.4) is 0 Å². The minimum absolute atomic E-state index is 0.111. The predicted octanol–water partition coefficient (Wildman–Crippen LogP) is 3.84. The number of benzene rings is 1. The average Bonchev–Trinajstić information content (AvgIpc) is 2.40. The fraction of sp³-hybridized carbons (Fsp3) is 0.588. The van der Waals surface area contributed by atoms with Crippen LogP contribution in [0.4, 0.5) is 0 Å². The van der Waals surface area contributed by atoms with E-state index in [2.05, 4.69) is 44.2 Å². The van der Waals surface area contributed by atoms with Crippen molar-refractivity contribution in [2.24, 2.45) is 17.8 Å². The van der Waals surface area contributed by atoms with Crippen molar-refractivity contribution >= 4 is 6.47 Å². The van der Waals surface area contributed by atoms with Crippen LogP contribution in [0.2, 0.25) is 0 Å². The second kappa shape index (κ2) is 6.74. The van der Waals surface area contributed by atoms with Gasteiger partial charge in [-0.25, -0.2) is 0 Å². The summed E-state index contributed by atoms with van der Waals surface area (Å²) in [4.78, 5) is 10.7. The smallest absolute Gasteiger partial charge is 0.293 e. The zero-order valence-corrected chi connectivity index (χ0v) is 11.9. The maximum absolute atomic E-state index is 10.7. The Balaban J connectivity index is 1.99. The molecule has 1 fully saturated rings. The number of hydrogen-bond acceptors (Lipinski definition) is 2. The van der Waals surface area contributed by atoms with Crippen LogP contribution in [0.1, 0.15) is 38.7 Å². The quantitative estimate of drug-likeness (QED) is 0.752. The highest BCUT2D eigenvalue weighted by Gasteiger charge is 2.33. The van der Waals surface area contributed by atoms with Crippen molar-refractivity contribution in [2.45, 2.75) is 45.6 Å². The van der Waals surface area contributed by atoms with Gasteiger partial charge in [0.15, 0.2) is 0 Å². The standard InChI is InChI=1S/C17H24O2/c1-13-8-9-16(17(10-13)19-12-18)14(2)11-15-6-4-3-5-7-15/h3-7,12-14,16-17H,8-11H2,1-2H3. The van der Waals surface area contributed by atoms with E-state index in [1.165, 1.54) is 18.4 Å². The first-order valence-corrected chi connectivity index (χ1v) is 7.33. The average molecular weight is 260 g/mol. The molecule has 2 heteroatoms. The fourth-order valence-electron chi connectivity index (χ4n) is 3.37. The van der Waals surface area contributed by atoms with Crippen molar-refractivity contribution in [3.8, 4) is 0 Å². The first-order chi connectivity index (χ1) is 9.20. The molecule has 2 nitrogen and oxygen atoms in total. The van der Waals surface area contributed by atoms with E-state index in [1.54, 1.807) is 0 Å². The third-order valence-electron chi connectivity index (χ3n) is 4.47. The molecule has 0 spiro atoms. The number of carbonyl (C=O) groups excluding carboxylic acids is 1. The lowest BCUT2D eigenvalue weighted by Crippen LogP contribution is -2.35. The van der Waals surface area contributed by atoms with Crippen molar-refractivity contribution in [1.82, 2.24) is 0 Å². The molecule has 0 saturated heterocycles. The van der Waals surface area contributed by atoms with E-state index in [-0.39, 0.29) is 6.10 Å². The summed E-state index contributed by atoms with van der Waals surface area (Å²) in [6.45, 7) is 5.17. The molecular formula is C17H24O2. The Morgan fingerprint density at radius 2 is 2.05 bits per heavy atom. The van der Waals surface area contributed by atoms with Crippen LogP contribution >= 0.6 is 0 Å². The minimum Gasteiger partial charge on any atom is -0.464 e. The van der Waals surface area contributed by atoms with Crippen molar-refractivity contribution in [3.05, 3.63) is 35.9 Å². The van der Waals surface area contributed by atoms with E-state index in [0.717, 1.165) is 12.8 Å². The lowest BCUT2D eigenvalue weighted by atomic mass is 9.73. The largest absolute Gasteiger partial charge is 0.464 e. The SMILES string of the molecule is CC1CCC(C(C)Cc2ccccc2)C(OC=O)C1. The van der Waals surface area contributed by atoms with Crippen LogP contribution in [0.25, 0.3) is 0 Å². The van der Waals surface area contributed by atoms with Crippen LogP contribution in [-0.4, -0.2) is 12.6 Å². The lowest BCUT2D eigenvalue weighted by molar-refractivity contribution is -0.140. The Labute approximate surface area is 116 Å². The molecule has 0 radical (unpaired) electrons. The van der Waals surface area contributed by atoms with E-state index in [1.807, 2.05) is 0 Å². The van der Waals surface area contributed by atoms with Crippen molar-refractivity contribution in [3.63, 3.8) is 0 Å². The summed E-state index contributed by atoms with van der Waals surface area (Å²) in [6.07, 6.45) is 4.62. The first kappa shape index (κ1) is 14.1. The molecule has 1 saturated carbocycles. The fourth-order valence-corrected chi connectivity index (χ4v) is 3.37. The molecule has 1 aliphatic carbocycles. The highest BCUT2D eigenvalue weighted by molar-refractivity contribution is 5.37. The number of carbonyl (C=O) groups is 1. The van der Waals surface area contributed by atoms with Gasteiger partial charge in [-0.1, -0.05) is 50.6 Å². The van der Waals surface area contributed by atoms with Crippen LogP contribution in [0.5, 0.6) is 0 Å². The molecule has 4 atom stereocenters. The number of hydrogen-bond donors (Lipinski definition) is 0. The topological polar surface area (TPSA) is 26.3 Å². The number of ether oxygens (including phenoxy) is 1. The molecule has 1 aliphatic rings. The third-order valence-corrected chi connectivity index (χ3v) is 4.47. The molecule has 1 aromatic rings. The Morgan fingerprint density at radius 3 is 2.74 bits per heavy atom. The first-order valence-electron chi connectivity index (χ1n) is 7.33. The Bertz CT molecular complexity index is 388. The molecule has 0 N–H and O–H groups in total. The molecule has 2 rings (SSSR count). The molecule has 4 unspecified atom stereocenters. The molecule has 0 aliphatic heterocycles. The van der Waals surface area contributed by atoms with Gasteiger partial charge in [-0.3, -0.25) is 4.79 Å². The number of rotatable bonds is 5. The Kier molecular flexibility index (Phi) is 5.00. The van der Waals surface area contributed by atoms with Gasteiger partial charge in [0.2, 0.25) is 0 Å². The second-order valence-electron chi connectivity index (χ2n) is 6.02. The van der Waals surface area contributed by atoms with Gasteiger partial charge in [0.05, 0.1) is 0 Å². The summed E-state index contributed by atoms with van der Waals surface area (Å²) in [6, 6.07) is 10.6. The summed E-state index contributed by atoms with van der Waals surface area (Å²) in [5.41, 5.74) is 1.37. The Morgan fingerprint density at radius 1 is 1.32 bits per heavy atom. The van der Waals surface area contributed by atoms with Gasteiger partial charge in [0.25, 0.3) is 6.47 Å². The molecule has 19 heavy (non-hydrogen) atoms. The Hall–Kier alpha value is -1.31. The predicted molar refractivity (Wildman–Crippen MR) is 76.8 cm³/mol.